The zero-order valence-corrected chi connectivity index (χ0v) is 9.28. The fourth-order valence-electron chi connectivity index (χ4n) is 1.24. The van der Waals surface area contributed by atoms with E-state index in [1.807, 2.05) is 24.3 Å². The standard InChI is InChI=1S/C10H6IO3/c11-8-1-2-10-7(3-8)4-9(14-10)5-13-6-12/h1-4H,5H2. The summed E-state index contributed by atoms with van der Waals surface area (Å²) in [5.74, 6) is 0.630. The first-order valence-corrected chi connectivity index (χ1v) is 5.04. The third kappa shape index (κ3) is 1.89. The Morgan fingerprint density at radius 2 is 2.29 bits per heavy atom. The first kappa shape index (κ1) is 9.51. The number of hydrogen-bond acceptors (Lipinski definition) is 3. The highest BCUT2D eigenvalue weighted by atomic mass is 127. The molecule has 0 amide bonds. The van der Waals surface area contributed by atoms with Crippen molar-refractivity contribution in [2.75, 3.05) is 0 Å². The summed E-state index contributed by atoms with van der Waals surface area (Å²) in [5, 5.41) is 1.02. The number of halogens is 1. The molecule has 0 bridgehead atoms. The third-order valence-electron chi connectivity index (χ3n) is 1.80. The molecule has 1 heterocycles. The van der Waals surface area contributed by atoms with Crippen LogP contribution in [0.3, 0.4) is 0 Å². The van der Waals surface area contributed by atoms with E-state index in [9.17, 15) is 4.79 Å². The second-order valence-electron chi connectivity index (χ2n) is 2.77. The van der Waals surface area contributed by atoms with Gasteiger partial charge in [0, 0.05) is 8.96 Å². The minimum absolute atomic E-state index is 0.134. The van der Waals surface area contributed by atoms with E-state index < -0.39 is 0 Å². The molecule has 2 rings (SSSR count). The average molecular weight is 301 g/mol. The van der Waals surface area contributed by atoms with Crippen molar-refractivity contribution in [1.29, 1.82) is 0 Å². The Labute approximate surface area is 94.2 Å². The minimum Gasteiger partial charge on any atom is -0.457 e. The fourth-order valence-corrected chi connectivity index (χ4v) is 1.76. The van der Waals surface area contributed by atoms with E-state index >= 15 is 0 Å². The van der Waals surface area contributed by atoms with E-state index in [2.05, 4.69) is 27.3 Å². The Balaban J connectivity index is 2.36. The molecule has 3 nitrogen and oxygen atoms in total. The number of rotatable bonds is 3. The van der Waals surface area contributed by atoms with Crippen LogP contribution in [0.25, 0.3) is 11.0 Å². The molecule has 0 aliphatic rings. The molecule has 0 fully saturated rings. The van der Waals surface area contributed by atoms with Crippen molar-refractivity contribution in [3.05, 3.63) is 33.6 Å². The maximum atomic E-state index is 9.86. The zero-order chi connectivity index (χ0) is 9.97. The Morgan fingerprint density at radius 1 is 1.43 bits per heavy atom. The lowest BCUT2D eigenvalue weighted by atomic mass is 10.2. The van der Waals surface area contributed by atoms with Crippen LogP contribution in [0.1, 0.15) is 5.76 Å². The molecule has 0 saturated heterocycles. The normalized spacial score (nSPS) is 10.4. The molecular weight excluding hydrogens is 295 g/mol. The lowest BCUT2D eigenvalue weighted by Crippen LogP contribution is -1.85. The average Bonchev–Trinajstić information content (AvgIpc) is 2.56. The molecule has 0 aliphatic heterocycles. The molecule has 14 heavy (non-hydrogen) atoms. The van der Waals surface area contributed by atoms with Crippen molar-refractivity contribution in [3.63, 3.8) is 0 Å². The quantitative estimate of drug-likeness (QED) is 0.818. The Kier molecular flexibility index (Phi) is 2.72. The van der Waals surface area contributed by atoms with E-state index in [-0.39, 0.29) is 6.61 Å². The second-order valence-corrected chi connectivity index (χ2v) is 4.01. The highest BCUT2D eigenvalue weighted by Gasteiger charge is 2.03. The van der Waals surface area contributed by atoms with Crippen molar-refractivity contribution in [1.82, 2.24) is 0 Å². The third-order valence-corrected chi connectivity index (χ3v) is 2.47. The van der Waals surface area contributed by atoms with Crippen molar-refractivity contribution >= 4 is 40.0 Å². The van der Waals surface area contributed by atoms with Crippen LogP contribution in [0, 0.1) is 3.57 Å². The van der Waals surface area contributed by atoms with E-state index in [1.165, 1.54) is 6.47 Å². The summed E-state index contributed by atoms with van der Waals surface area (Å²) >= 11 is 2.23. The molecule has 1 aromatic carbocycles. The van der Waals surface area contributed by atoms with Crippen LogP contribution in [0.4, 0.5) is 0 Å². The smallest absolute Gasteiger partial charge is 0.417 e. The van der Waals surface area contributed by atoms with Gasteiger partial charge in [0.15, 0.2) is 0 Å². The van der Waals surface area contributed by atoms with Crippen LogP contribution in [-0.4, -0.2) is 6.47 Å². The maximum absolute atomic E-state index is 9.86. The van der Waals surface area contributed by atoms with Gasteiger partial charge < -0.3 is 9.15 Å². The van der Waals surface area contributed by atoms with Crippen molar-refractivity contribution in [3.8, 4) is 0 Å². The number of benzene rings is 1. The lowest BCUT2D eigenvalue weighted by Gasteiger charge is -1.90. The number of hydrogen-bond donors (Lipinski definition) is 0. The van der Waals surface area contributed by atoms with Crippen LogP contribution in [0.15, 0.2) is 28.7 Å². The SMILES string of the molecule is O=[C]OCc1cc2cc(I)ccc2o1. The van der Waals surface area contributed by atoms with E-state index in [4.69, 9.17) is 4.42 Å². The molecule has 0 spiro atoms. The number of ether oxygens (including phenoxy) is 1. The molecule has 0 aliphatic carbocycles. The summed E-state index contributed by atoms with van der Waals surface area (Å²) in [4.78, 5) is 9.86. The fraction of sp³-hybridized carbons (Fsp3) is 0.100. The maximum Gasteiger partial charge on any atom is 0.417 e. The molecule has 4 heteroatoms. The Hall–Kier alpha value is -1.04. The van der Waals surface area contributed by atoms with E-state index in [0.29, 0.717) is 5.76 Å². The van der Waals surface area contributed by atoms with Gasteiger partial charge >= 0.3 is 6.47 Å². The number of furan rings is 1. The van der Waals surface area contributed by atoms with Crippen LogP contribution < -0.4 is 0 Å². The number of fused-ring (bicyclic) bond motifs is 1. The summed E-state index contributed by atoms with van der Waals surface area (Å²) < 4.78 is 11.0. The van der Waals surface area contributed by atoms with Gasteiger partial charge in [-0.25, -0.2) is 4.79 Å². The van der Waals surface area contributed by atoms with Crippen LogP contribution in [0.5, 0.6) is 0 Å². The molecular formula is C10H6IO3. The summed E-state index contributed by atoms with van der Waals surface area (Å²) in [6, 6.07) is 7.72. The summed E-state index contributed by atoms with van der Waals surface area (Å²) in [5.41, 5.74) is 0.801. The molecule has 1 aromatic heterocycles. The van der Waals surface area contributed by atoms with E-state index in [1.54, 1.807) is 0 Å². The molecule has 0 unspecified atom stereocenters. The van der Waals surface area contributed by atoms with Gasteiger partial charge in [0.2, 0.25) is 0 Å². The zero-order valence-electron chi connectivity index (χ0n) is 7.12. The van der Waals surface area contributed by atoms with Gasteiger partial charge in [-0.1, -0.05) is 0 Å². The van der Waals surface area contributed by atoms with Crippen molar-refractivity contribution in [2.24, 2.45) is 0 Å². The van der Waals surface area contributed by atoms with Crippen LogP contribution in [0.2, 0.25) is 0 Å². The molecule has 71 valence electrons. The topological polar surface area (TPSA) is 39.4 Å². The van der Waals surface area contributed by atoms with Gasteiger partial charge in [0.05, 0.1) is 0 Å². The summed E-state index contributed by atoms with van der Waals surface area (Å²) in [6.45, 7) is 1.49. The first-order chi connectivity index (χ1) is 6.79. The molecule has 1 radical (unpaired) electrons. The molecule has 0 N–H and O–H groups in total. The highest BCUT2D eigenvalue weighted by molar-refractivity contribution is 14.1. The van der Waals surface area contributed by atoms with Gasteiger partial charge in [0.1, 0.15) is 18.0 Å². The Morgan fingerprint density at radius 3 is 3.07 bits per heavy atom. The highest BCUT2D eigenvalue weighted by Crippen LogP contribution is 2.21. The monoisotopic (exact) mass is 301 g/mol. The molecule has 0 atom stereocenters. The minimum atomic E-state index is 0.134. The summed E-state index contributed by atoms with van der Waals surface area (Å²) in [6.07, 6.45) is 0. The molecule has 2 aromatic rings. The van der Waals surface area contributed by atoms with Crippen LogP contribution >= 0.6 is 22.6 Å². The van der Waals surface area contributed by atoms with Gasteiger partial charge in [-0.2, -0.15) is 0 Å². The van der Waals surface area contributed by atoms with Crippen LogP contribution in [-0.2, 0) is 16.1 Å². The van der Waals surface area contributed by atoms with Gasteiger partial charge in [0.25, 0.3) is 0 Å². The predicted molar refractivity (Wildman–Crippen MR) is 59.4 cm³/mol. The van der Waals surface area contributed by atoms with Gasteiger partial charge in [-0.3, -0.25) is 0 Å². The van der Waals surface area contributed by atoms with Crippen molar-refractivity contribution < 1.29 is 13.9 Å². The molecule has 0 saturated carbocycles. The lowest BCUT2D eigenvalue weighted by molar-refractivity contribution is 0.242. The van der Waals surface area contributed by atoms with Crippen molar-refractivity contribution in [2.45, 2.75) is 6.61 Å². The van der Waals surface area contributed by atoms with Gasteiger partial charge in [-0.05, 0) is 46.9 Å². The van der Waals surface area contributed by atoms with Gasteiger partial charge in [-0.15, -0.1) is 0 Å². The van der Waals surface area contributed by atoms with E-state index in [0.717, 1.165) is 14.5 Å². The Bertz CT molecular complexity index is 461. The number of carbonyl (C=O) groups excluding carboxylic acids is 1. The predicted octanol–water partition coefficient (Wildman–Crippen LogP) is 2.62. The summed E-state index contributed by atoms with van der Waals surface area (Å²) in [7, 11) is 0. The first-order valence-electron chi connectivity index (χ1n) is 3.96. The second kappa shape index (κ2) is 4.00. The largest absolute Gasteiger partial charge is 0.457 e.